The molecule has 0 saturated heterocycles. The van der Waals surface area contributed by atoms with Gasteiger partial charge in [0.15, 0.2) is 0 Å². The third-order valence-corrected chi connectivity index (χ3v) is 3.58. The maximum atomic E-state index is 4.43. The number of anilines is 1. The molecule has 5 nitrogen and oxygen atoms in total. The average molecular weight is 257 g/mol. The molecule has 0 spiro atoms. The van der Waals surface area contributed by atoms with Crippen LogP contribution < -0.4 is 5.32 Å². The summed E-state index contributed by atoms with van der Waals surface area (Å²) in [5.74, 6) is 2.02. The van der Waals surface area contributed by atoms with E-state index < -0.39 is 0 Å². The number of fused-ring (bicyclic) bond motifs is 1. The summed E-state index contributed by atoms with van der Waals surface area (Å²) < 4.78 is 0. The number of aryl methyl sites for hydroxylation is 1. The first kappa shape index (κ1) is 12.1. The summed E-state index contributed by atoms with van der Waals surface area (Å²) in [5, 5.41) is 3.43. The molecular weight excluding hydrogens is 238 g/mol. The molecular formula is C14H19N5. The molecule has 2 heterocycles. The van der Waals surface area contributed by atoms with E-state index in [2.05, 4.69) is 25.3 Å². The lowest BCUT2D eigenvalue weighted by molar-refractivity contribution is 0.708. The minimum Gasteiger partial charge on any atom is -0.369 e. The highest BCUT2D eigenvalue weighted by atomic mass is 15.0. The predicted octanol–water partition coefficient (Wildman–Crippen LogP) is 2.12. The molecule has 0 saturated carbocycles. The highest BCUT2D eigenvalue weighted by molar-refractivity contribution is 5.46. The van der Waals surface area contributed by atoms with Crippen LogP contribution in [-0.4, -0.2) is 26.5 Å². The lowest BCUT2D eigenvalue weighted by Crippen LogP contribution is -2.11. The van der Waals surface area contributed by atoms with Gasteiger partial charge in [0.25, 0.3) is 0 Å². The molecule has 0 aromatic carbocycles. The molecule has 2 N–H and O–H groups in total. The van der Waals surface area contributed by atoms with Crippen LogP contribution in [0.1, 0.15) is 36.3 Å². The Bertz CT molecular complexity index is 521. The Morgan fingerprint density at radius 2 is 2.05 bits per heavy atom. The van der Waals surface area contributed by atoms with E-state index in [1.807, 2.05) is 6.20 Å². The van der Waals surface area contributed by atoms with E-state index in [0.717, 1.165) is 37.4 Å². The largest absolute Gasteiger partial charge is 0.369 e. The Hall–Kier alpha value is -1.91. The maximum absolute atomic E-state index is 4.43. The van der Waals surface area contributed by atoms with Crippen LogP contribution in [0.25, 0.3) is 0 Å². The summed E-state index contributed by atoms with van der Waals surface area (Å²) in [6.07, 6.45) is 12.2. The number of rotatable bonds is 4. The lowest BCUT2D eigenvalue weighted by Gasteiger charge is -2.11. The normalized spacial score (nSPS) is 14.7. The fourth-order valence-corrected chi connectivity index (χ4v) is 2.58. The third-order valence-electron chi connectivity index (χ3n) is 3.58. The summed E-state index contributed by atoms with van der Waals surface area (Å²) in [7, 11) is 0. The van der Waals surface area contributed by atoms with Crippen LogP contribution in [0.5, 0.6) is 0 Å². The summed E-state index contributed by atoms with van der Waals surface area (Å²) >= 11 is 0. The zero-order chi connectivity index (χ0) is 12.9. The van der Waals surface area contributed by atoms with Crippen LogP contribution >= 0.6 is 0 Å². The number of aromatic amines is 1. The van der Waals surface area contributed by atoms with Gasteiger partial charge < -0.3 is 10.3 Å². The van der Waals surface area contributed by atoms with Gasteiger partial charge in [-0.3, -0.25) is 0 Å². The second kappa shape index (κ2) is 5.82. The summed E-state index contributed by atoms with van der Waals surface area (Å²) in [5.41, 5.74) is 2.55. The number of aromatic nitrogens is 4. The fraction of sp³-hybridized carbons (Fsp3) is 0.500. The first-order chi connectivity index (χ1) is 9.43. The van der Waals surface area contributed by atoms with Gasteiger partial charge in [-0.05, 0) is 25.7 Å². The summed E-state index contributed by atoms with van der Waals surface area (Å²) in [6, 6.07) is 0. The van der Waals surface area contributed by atoms with E-state index in [-0.39, 0.29) is 0 Å². The molecule has 0 fully saturated rings. The van der Waals surface area contributed by atoms with Crippen molar-refractivity contribution in [1.82, 2.24) is 19.9 Å². The quantitative estimate of drug-likeness (QED) is 0.823. The molecule has 1 aliphatic carbocycles. The monoisotopic (exact) mass is 257 g/mol. The molecule has 5 heteroatoms. The molecule has 0 atom stereocenters. The maximum Gasteiger partial charge on any atom is 0.132 e. The number of nitrogens with one attached hydrogen (secondary N) is 2. The Morgan fingerprint density at radius 1 is 1.11 bits per heavy atom. The zero-order valence-electron chi connectivity index (χ0n) is 11.0. The zero-order valence-corrected chi connectivity index (χ0v) is 11.0. The van der Waals surface area contributed by atoms with Crippen molar-refractivity contribution in [1.29, 1.82) is 0 Å². The van der Waals surface area contributed by atoms with Crippen molar-refractivity contribution in [2.24, 2.45) is 0 Å². The third kappa shape index (κ3) is 2.92. The van der Waals surface area contributed by atoms with E-state index in [9.17, 15) is 0 Å². The second-order valence-corrected chi connectivity index (χ2v) is 4.92. The molecule has 0 radical (unpaired) electrons. The second-order valence-electron chi connectivity index (χ2n) is 4.92. The Balaban J connectivity index is 1.67. The van der Waals surface area contributed by atoms with Crippen molar-refractivity contribution < 1.29 is 0 Å². The molecule has 19 heavy (non-hydrogen) atoms. The molecule has 0 unspecified atom stereocenters. The van der Waals surface area contributed by atoms with E-state index in [1.165, 1.54) is 30.5 Å². The van der Waals surface area contributed by atoms with Gasteiger partial charge in [0.1, 0.15) is 18.0 Å². The van der Waals surface area contributed by atoms with Crippen molar-refractivity contribution in [3.63, 3.8) is 0 Å². The highest BCUT2D eigenvalue weighted by Gasteiger charge is 2.13. The molecule has 2 aromatic heterocycles. The van der Waals surface area contributed by atoms with Crippen LogP contribution in [0.15, 0.2) is 18.7 Å². The molecule has 100 valence electrons. The van der Waals surface area contributed by atoms with Crippen molar-refractivity contribution in [3.05, 3.63) is 35.8 Å². The van der Waals surface area contributed by atoms with Crippen molar-refractivity contribution in [3.8, 4) is 0 Å². The molecule has 2 aromatic rings. The van der Waals surface area contributed by atoms with E-state index in [0.29, 0.717) is 0 Å². The standard InChI is InChI=1S/C14H19N5/c1-2-4-11-12(5-3-1)18-10-19-14(11)17-7-6-13-15-8-9-16-13/h8-10H,1-7H2,(H,15,16)(H,17,18,19). The Kier molecular flexibility index (Phi) is 3.72. The molecule has 0 amide bonds. The van der Waals surface area contributed by atoms with Gasteiger partial charge >= 0.3 is 0 Å². The smallest absolute Gasteiger partial charge is 0.132 e. The van der Waals surface area contributed by atoms with Gasteiger partial charge in [-0.25, -0.2) is 15.0 Å². The minimum absolute atomic E-state index is 0.844. The topological polar surface area (TPSA) is 66.5 Å². The fourth-order valence-electron chi connectivity index (χ4n) is 2.58. The van der Waals surface area contributed by atoms with Crippen LogP contribution in [-0.2, 0) is 19.3 Å². The van der Waals surface area contributed by atoms with Gasteiger partial charge in [-0.2, -0.15) is 0 Å². The Morgan fingerprint density at radius 3 is 2.95 bits per heavy atom. The highest BCUT2D eigenvalue weighted by Crippen LogP contribution is 2.23. The van der Waals surface area contributed by atoms with Crippen molar-refractivity contribution >= 4 is 5.82 Å². The van der Waals surface area contributed by atoms with Crippen LogP contribution in [0.4, 0.5) is 5.82 Å². The minimum atomic E-state index is 0.844. The number of hydrogen-bond acceptors (Lipinski definition) is 4. The Labute approximate surface area is 112 Å². The summed E-state index contributed by atoms with van der Waals surface area (Å²) in [6.45, 7) is 0.844. The van der Waals surface area contributed by atoms with Crippen molar-refractivity contribution in [2.45, 2.75) is 38.5 Å². The van der Waals surface area contributed by atoms with Crippen LogP contribution in [0.3, 0.4) is 0 Å². The van der Waals surface area contributed by atoms with E-state index >= 15 is 0 Å². The molecule has 1 aliphatic rings. The van der Waals surface area contributed by atoms with E-state index in [1.54, 1.807) is 12.5 Å². The van der Waals surface area contributed by atoms with Crippen LogP contribution in [0.2, 0.25) is 0 Å². The number of nitrogens with zero attached hydrogens (tertiary/aromatic N) is 3. The number of hydrogen-bond donors (Lipinski definition) is 2. The van der Waals surface area contributed by atoms with Crippen molar-refractivity contribution in [2.75, 3.05) is 11.9 Å². The molecule has 0 bridgehead atoms. The molecule has 3 rings (SSSR count). The van der Waals surface area contributed by atoms with Gasteiger partial charge in [-0.1, -0.05) is 6.42 Å². The SMILES string of the molecule is c1c[nH]c(CCNc2ncnc3c2CCCCC3)n1. The summed E-state index contributed by atoms with van der Waals surface area (Å²) in [4.78, 5) is 16.2. The van der Waals surface area contributed by atoms with Crippen LogP contribution in [0, 0.1) is 0 Å². The average Bonchev–Trinajstić information content (AvgIpc) is 2.82. The van der Waals surface area contributed by atoms with Gasteiger partial charge in [0, 0.05) is 36.6 Å². The first-order valence-corrected chi connectivity index (χ1v) is 6.98. The van der Waals surface area contributed by atoms with E-state index in [4.69, 9.17) is 0 Å². The molecule has 0 aliphatic heterocycles. The van der Waals surface area contributed by atoms with Gasteiger partial charge in [0.05, 0.1) is 0 Å². The van der Waals surface area contributed by atoms with Gasteiger partial charge in [0.2, 0.25) is 0 Å². The predicted molar refractivity (Wildman–Crippen MR) is 74.1 cm³/mol. The number of imidazole rings is 1. The first-order valence-electron chi connectivity index (χ1n) is 6.98. The number of H-pyrrole nitrogens is 1. The lowest BCUT2D eigenvalue weighted by atomic mass is 10.1. The van der Waals surface area contributed by atoms with Gasteiger partial charge in [-0.15, -0.1) is 0 Å².